The summed E-state index contributed by atoms with van der Waals surface area (Å²) in [5.74, 6) is 0.0539. The SMILES string of the molecule is CCCC(OC)C(=O)N(C)Cc1ccccc1. The first-order chi connectivity index (χ1) is 8.19. The number of hydrogen-bond acceptors (Lipinski definition) is 2. The molecule has 94 valence electrons. The van der Waals surface area contributed by atoms with Crippen molar-refractivity contribution in [3.8, 4) is 0 Å². The molecule has 0 bridgehead atoms. The van der Waals surface area contributed by atoms with Gasteiger partial charge < -0.3 is 9.64 Å². The summed E-state index contributed by atoms with van der Waals surface area (Å²) >= 11 is 0. The van der Waals surface area contributed by atoms with Crippen LogP contribution in [0.1, 0.15) is 25.3 Å². The summed E-state index contributed by atoms with van der Waals surface area (Å²) < 4.78 is 5.22. The molecule has 1 amide bonds. The van der Waals surface area contributed by atoms with Crippen molar-refractivity contribution < 1.29 is 9.53 Å². The zero-order valence-corrected chi connectivity index (χ0v) is 10.8. The van der Waals surface area contributed by atoms with Gasteiger partial charge in [-0.25, -0.2) is 0 Å². The number of carbonyl (C=O) groups is 1. The summed E-state index contributed by atoms with van der Waals surface area (Å²) in [5, 5.41) is 0. The van der Waals surface area contributed by atoms with Crippen molar-refractivity contribution in [3.05, 3.63) is 35.9 Å². The first-order valence-corrected chi connectivity index (χ1v) is 6.00. The second-order valence-electron chi connectivity index (χ2n) is 4.19. The Kier molecular flexibility index (Phi) is 5.70. The van der Waals surface area contributed by atoms with E-state index < -0.39 is 0 Å². The van der Waals surface area contributed by atoms with Crippen LogP contribution in [-0.4, -0.2) is 31.1 Å². The number of nitrogens with zero attached hydrogens (tertiary/aromatic N) is 1. The summed E-state index contributed by atoms with van der Waals surface area (Å²) in [7, 11) is 3.41. The van der Waals surface area contributed by atoms with Crippen molar-refractivity contribution in [2.24, 2.45) is 0 Å². The summed E-state index contributed by atoms with van der Waals surface area (Å²) in [6.07, 6.45) is 1.41. The minimum atomic E-state index is -0.311. The van der Waals surface area contributed by atoms with Crippen LogP contribution in [0.2, 0.25) is 0 Å². The van der Waals surface area contributed by atoms with Gasteiger partial charge in [-0.3, -0.25) is 4.79 Å². The van der Waals surface area contributed by atoms with Crippen molar-refractivity contribution in [2.45, 2.75) is 32.4 Å². The van der Waals surface area contributed by atoms with E-state index >= 15 is 0 Å². The van der Waals surface area contributed by atoms with Gasteiger partial charge in [-0.1, -0.05) is 43.7 Å². The van der Waals surface area contributed by atoms with Crippen molar-refractivity contribution in [3.63, 3.8) is 0 Å². The number of hydrogen-bond donors (Lipinski definition) is 0. The first kappa shape index (κ1) is 13.7. The second-order valence-corrected chi connectivity index (χ2v) is 4.19. The smallest absolute Gasteiger partial charge is 0.251 e. The highest BCUT2D eigenvalue weighted by molar-refractivity contribution is 5.80. The molecule has 0 spiro atoms. The molecule has 0 aliphatic rings. The molecular formula is C14H21NO2. The van der Waals surface area contributed by atoms with Gasteiger partial charge in [0.05, 0.1) is 0 Å². The van der Waals surface area contributed by atoms with E-state index in [2.05, 4.69) is 6.92 Å². The lowest BCUT2D eigenvalue weighted by molar-refractivity contribution is -0.141. The molecular weight excluding hydrogens is 214 g/mol. The van der Waals surface area contributed by atoms with Gasteiger partial charge >= 0.3 is 0 Å². The van der Waals surface area contributed by atoms with Gasteiger partial charge in [0.25, 0.3) is 5.91 Å². The average Bonchev–Trinajstić information content (AvgIpc) is 2.36. The zero-order chi connectivity index (χ0) is 12.7. The second kappa shape index (κ2) is 7.07. The molecule has 0 heterocycles. The highest BCUT2D eigenvalue weighted by atomic mass is 16.5. The third kappa shape index (κ3) is 4.19. The van der Waals surface area contributed by atoms with Crippen LogP contribution in [0.25, 0.3) is 0 Å². The lowest BCUT2D eigenvalue weighted by Gasteiger charge is -2.22. The van der Waals surface area contributed by atoms with E-state index in [4.69, 9.17) is 4.74 Å². The molecule has 0 fully saturated rings. The van der Waals surface area contributed by atoms with Crippen molar-refractivity contribution >= 4 is 5.91 Å². The highest BCUT2D eigenvalue weighted by Crippen LogP contribution is 2.08. The molecule has 17 heavy (non-hydrogen) atoms. The fraction of sp³-hybridized carbons (Fsp3) is 0.500. The van der Waals surface area contributed by atoms with Gasteiger partial charge in [0.2, 0.25) is 0 Å². The number of methoxy groups -OCH3 is 1. The number of amides is 1. The van der Waals surface area contributed by atoms with Crippen molar-refractivity contribution in [1.82, 2.24) is 4.90 Å². The fourth-order valence-electron chi connectivity index (χ4n) is 1.79. The van der Waals surface area contributed by atoms with E-state index in [1.54, 1.807) is 12.0 Å². The van der Waals surface area contributed by atoms with Crippen molar-refractivity contribution in [2.75, 3.05) is 14.2 Å². The largest absolute Gasteiger partial charge is 0.372 e. The summed E-state index contributed by atoms with van der Waals surface area (Å²) in [6.45, 7) is 2.68. The van der Waals surface area contributed by atoms with E-state index in [-0.39, 0.29) is 12.0 Å². The van der Waals surface area contributed by atoms with Gasteiger partial charge in [0.1, 0.15) is 6.10 Å². The van der Waals surface area contributed by atoms with Gasteiger partial charge in [-0.2, -0.15) is 0 Å². The molecule has 3 heteroatoms. The monoisotopic (exact) mass is 235 g/mol. The van der Waals surface area contributed by atoms with Crippen LogP contribution in [0.5, 0.6) is 0 Å². The number of ether oxygens (including phenoxy) is 1. The third-order valence-corrected chi connectivity index (χ3v) is 2.75. The molecule has 1 atom stereocenters. The van der Waals surface area contributed by atoms with Crippen LogP contribution < -0.4 is 0 Å². The Morgan fingerprint density at radius 3 is 2.53 bits per heavy atom. The number of carbonyl (C=O) groups excluding carboxylic acids is 1. The van der Waals surface area contributed by atoms with Crippen LogP contribution in [0.15, 0.2) is 30.3 Å². The van der Waals surface area contributed by atoms with E-state index in [1.165, 1.54) is 0 Å². The maximum atomic E-state index is 12.1. The topological polar surface area (TPSA) is 29.5 Å². The van der Waals surface area contributed by atoms with Crippen LogP contribution >= 0.6 is 0 Å². The van der Waals surface area contributed by atoms with Gasteiger partial charge in [-0.05, 0) is 12.0 Å². The molecule has 0 aromatic heterocycles. The van der Waals surface area contributed by atoms with Crippen LogP contribution in [0, 0.1) is 0 Å². The molecule has 1 aromatic rings. The molecule has 1 rings (SSSR count). The first-order valence-electron chi connectivity index (χ1n) is 6.00. The molecule has 1 aromatic carbocycles. The minimum absolute atomic E-state index is 0.0539. The molecule has 0 saturated carbocycles. The minimum Gasteiger partial charge on any atom is -0.372 e. The molecule has 0 saturated heterocycles. The Morgan fingerprint density at radius 2 is 2.00 bits per heavy atom. The van der Waals surface area contributed by atoms with E-state index in [0.29, 0.717) is 6.54 Å². The van der Waals surface area contributed by atoms with Gasteiger partial charge in [-0.15, -0.1) is 0 Å². The summed E-state index contributed by atoms with van der Waals surface area (Å²) in [4.78, 5) is 13.8. The van der Waals surface area contributed by atoms with Crippen LogP contribution in [0.4, 0.5) is 0 Å². The molecule has 0 radical (unpaired) electrons. The Labute approximate surface area is 103 Å². The molecule has 0 aliphatic heterocycles. The number of likely N-dealkylation sites (N-methyl/N-ethyl adjacent to an activating group) is 1. The van der Waals surface area contributed by atoms with Gasteiger partial charge in [0.15, 0.2) is 0 Å². The average molecular weight is 235 g/mol. The standard InChI is InChI=1S/C14H21NO2/c1-4-8-13(17-3)14(16)15(2)11-12-9-6-5-7-10-12/h5-7,9-10,13H,4,8,11H2,1-3H3. The summed E-state index contributed by atoms with van der Waals surface area (Å²) in [6, 6.07) is 9.97. The quantitative estimate of drug-likeness (QED) is 0.758. The highest BCUT2D eigenvalue weighted by Gasteiger charge is 2.20. The maximum absolute atomic E-state index is 12.1. The molecule has 0 aliphatic carbocycles. The zero-order valence-electron chi connectivity index (χ0n) is 10.8. The number of rotatable bonds is 6. The summed E-state index contributed by atoms with van der Waals surface area (Å²) in [5.41, 5.74) is 1.13. The van der Waals surface area contributed by atoms with Crippen LogP contribution in [-0.2, 0) is 16.1 Å². The lowest BCUT2D eigenvalue weighted by Crippen LogP contribution is -2.37. The predicted molar refractivity (Wildman–Crippen MR) is 68.6 cm³/mol. The van der Waals surface area contributed by atoms with E-state index in [1.807, 2.05) is 37.4 Å². The molecule has 1 unspecified atom stereocenters. The predicted octanol–water partition coefficient (Wildman–Crippen LogP) is 2.46. The maximum Gasteiger partial charge on any atom is 0.251 e. The Balaban J connectivity index is 2.57. The molecule has 0 N–H and O–H groups in total. The van der Waals surface area contributed by atoms with Gasteiger partial charge in [0, 0.05) is 20.7 Å². The Hall–Kier alpha value is -1.35. The fourth-order valence-corrected chi connectivity index (χ4v) is 1.79. The lowest BCUT2D eigenvalue weighted by atomic mass is 10.1. The van der Waals surface area contributed by atoms with E-state index in [9.17, 15) is 4.79 Å². The van der Waals surface area contributed by atoms with Crippen LogP contribution in [0.3, 0.4) is 0 Å². The van der Waals surface area contributed by atoms with Crippen molar-refractivity contribution in [1.29, 1.82) is 0 Å². The van der Waals surface area contributed by atoms with E-state index in [0.717, 1.165) is 18.4 Å². The third-order valence-electron chi connectivity index (χ3n) is 2.75. The Bertz CT molecular complexity index is 337. The normalized spacial score (nSPS) is 12.2. The molecule has 3 nitrogen and oxygen atoms in total. The number of benzene rings is 1. The Morgan fingerprint density at radius 1 is 1.35 bits per heavy atom.